The second-order valence-electron chi connectivity index (χ2n) is 9.03. The largest absolute Gasteiger partial charge is 0.278 e. The van der Waals surface area contributed by atoms with Crippen molar-refractivity contribution in [3.05, 3.63) is 64.1 Å². The molecule has 0 aliphatic carbocycles. The van der Waals surface area contributed by atoms with Crippen LogP contribution in [-0.2, 0) is 0 Å². The van der Waals surface area contributed by atoms with Gasteiger partial charge in [-0.15, -0.1) is 0 Å². The van der Waals surface area contributed by atoms with E-state index in [9.17, 15) is 4.79 Å². The molecule has 0 aliphatic heterocycles. The van der Waals surface area contributed by atoms with Gasteiger partial charge in [-0.25, -0.2) is 0 Å². The average molecular weight is 396 g/mol. The van der Waals surface area contributed by atoms with Gasteiger partial charge in [0.05, 0.1) is 16.1 Å². The summed E-state index contributed by atoms with van der Waals surface area (Å²) in [7, 11) is -3.60. The van der Waals surface area contributed by atoms with E-state index in [1.54, 1.807) is 0 Å². The van der Waals surface area contributed by atoms with Gasteiger partial charge in [0.25, 0.3) is 5.56 Å². The van der Waals surface area contributed by atoms with Gasteiger partial charge >= 0.3 is 0 Å². The average Bonchev–Trinajstić information content (AvgIpc) is 2.53. The Hall–Kier alpha value is -1.92. The van der Waals surface area contributed by atoms with E-state index in [4.69, 9.17) is 0 Å². The zero-order valence-corrected chi connectivity index (χ0v) is 20.1. The summed E-state index contributed by atoms with van der Waals surface area (Å²) in [6.45, 7) is 18.0. The zero-order valence-electron chi connectivity index (χ0n) is 18.1. The molecule has 2 nitrogen and oxygen atoms in total. The molecule has 0 saturated carbocycles. The summed E-state index contributed by atoms with van der Waals surface area (Å²) < 4.78 is 1.95. The van der Waals surface area contributed by atoms with Crippen LogP contribution in [0.3, 0.4) is 0 Å². The number of rotatable bonds is 5. The van der Waals surface area contributed by atoms with Crippen molar-refractivity contribution in [3.8, 4) is 5.69 Å². The highest BCUT2D eigenvalue weighted by Crippen LogP contribution is 2.18. The van der Waals surface area contributed by atoms with E-state index < -0.39 is 16.1 Å². The Labute approximate surface area is 166 Å². The Morgan fingerprint density at radius 3 is 1.74 bits per heavy atom. The quantitative estimate of drug-likeness (QED) is 0.653. The Kier molecular flexibility index (Phi) is 6.33. The van der Waals surface area contributed by atoms with Crippen molar-refractivity contribution >= 4 is 38.7 Å². The minimum absolute atomic E-state index is 0.142. The van der Waals surface area contributed by atoms with Crippen LogP contribution in [0.1, 0.15) is 25.1 Å². The van der Waals surface area contributed by atoms with Gasteiger partial charge in [-0.3, -0.25) is 9.36 Å². The fraction of sp³-hybridized carbons (Fsp3) is 0.348. The van der Waals surface area contributed by atoms with Gasteiger partial charge in [0.15, 0.2) is 0 Å². The highest BCUT2D eigenvalue weighted by molar-refractivity contribution is 6.92. The molecule has 0 N–H and O–H groups in total. The van der Waals surface area contributed by atoms with Crippen LogP contribution in [-0.4, -0.2) is 20.7 Å². The van der Waals surface area contributed by atoms with Crippen molar-refractivity contribution < 1.29 is 0 Å². The molecule has 2 rings (SSSR count). The molecule has 4 heteroatoms. The first-order valence-corrected chi connectivity index (χ1v) is 16.7. The summed E-state index contributed by atoms with van der Waals surface area (Å²) in [5, 5.41) is 2.41. The fourth-order valence-corrected chi connectivity index (χ4v) is 7.58. The van der Waals surface area contributed by atoms with E-state index in [2.05, 4.69) is 57.5 Å². The van der Waals surface area contributed by atoms with Crippen molar-refractivity contribution in [3.63, 3.8) is 0 Å². The molecule has 1 aromatic carbocycles. The SMILES string of the molecule is C/C=C/c1c([Si](C)(C)C)c(/C=C/C)n(-c2ccccc2)c(=O)c1[Si](C)(C)C. The molecule has 27 heavy (non-hydrogen) atoms. The van der Waals surface area contributed by atoms with Gasteiger partial charge in [0.2, 0.25) is 0 Å². The van der Waals surface area contributed by atoms with Crippen LogP contribution in [0.25, 0.3) is 17.8 Å². The molecule has 0 amide bonds. The van der Waals surface area contributed by atoms with E-state index in [-0.39, 0.29) is 5.56 Å². The number of hydrogen-bond donors (Lipinski definition) is 0. The minimum Gasteiger partial charge on any atom is -0.278 e. The number of hydrogen-bond acceptors (Lipinski definition) is 1. The van der Waals surface area contributed by atoms with Gasteiger partial charge in [-0.05, 0) is 42.8 Å². The normalized spacial score (nSPS) is 13.0. The maximum absolute atomic E-state index is 13.8. The molecule has 144 valence electrons. The number of para-hydroxylation sites is 1. The predicted octanol–water partition coefficient (Wildman–Crippen LogP) is 4.99. The second-order valence-corrected chi connectivity index (χ2v) is 19.0. The van der Waals surface area contributed by atoms with Crippen molar-refractivity contribution in [1.82, 2.24) is 4.57 Å². The molecule has 1 aromatic heterocycles. The Morgan fingerprint density at radius 2 is 1.30 bits per heavy atom. The van der Waals surface area contributed by atoms with E-state index in [1.165, 1.54) is 10.8 Å². The van der Waals surface area contributed by atoms with Crippen molar-refractivity contribution in [1.29, 1.82) is 0 Å². The maximum Gasteiger partial charge on any atom is 0.255 e. The lowest BCUT2D eigenvalue weighted by molar-refractivity contribution is 0.988. The van der Waals surface area contributed by atoms with Crippen LogP contribution in [0.15, 0.2) is 47.3 Å². The lowest BCUT2D eigenvalue weighted by Gasteiger charge is -2.31. The Bertz CT molecular complexity index is 924. The molecular weight excluding hydrogens is 362 g/mol. The molecule has 0 radical (unpaired) electrons. The van der Waals surface area contributed by atoms with Crippen molar-refractivity contribution in [2.24, 2.45) is 0 Å². The topological polar surface area (TPSA) is 22.0 Å². The smallest absolute Gasteiger partial charge is 0.255 e. The molecule has 0 fully saturated rings. The minimum atomic E-state index is -1.87. The highest BCUT2D eigenvalue weighted by atomic mass is 28.3. The van der Waals surface area contributed by atoms with Gasteiger partial charge < -0.3 is 0 Å². The first-order chi connectivity index (χ1) is 12.5. The van der Waals surface area contributed by atoms with Crippen molar-refractivity contribution in [2.45, 2.75) is 53.1 Å². The summed E-state index contributed by atoms with van der Waals surface area (Å²) in [5.74, 6) is 0. The fourth-order valence-electron chi connectivity index (χ4n) is 3.71. The standard InChI is InChI=1S/C23H33NOSi2/c1-9-14-19-21(26(3,4)5)20(15-10-2)24(18-16-12-11-13-17-18)23(25)22(19)27(6,7)8/h9-17H,1-8H3/b14-9+,15-10+. The number of allylic oxidation sites excluding steroid dienone is 2. The number of pyridine rings is 1. The Balaban J connectivity index is 3.22. The van der Waals surface area contributed by atoms with Gasteiger partial charge in [0, 0.05) is 16.6 Å². The van der Waals surface area contributed by atoms with E-state index in [1.807, 2.05) is 54.8 Å². The number of aromatic nitrogens is 1. The van der Waals surface area contributed by atoms with Gasteiger partial charge in [0.1, 0.15) is 0 Å². The first kappa shape index (κ1) is 21.4. The molecule has 0 aliphatic rings. The van der Waals surface area contributed by atoms with Crippen LogP contribution in [0, 0.1) is 0 Å². The second kappa shape index (κ2) is 7.99. The van der Waals surface area contributed by atoms with Crippen LogP contribution in [0.5, 0.6) is 0 Å². The third-order valence-corrected chi connectivity index (χ3v) is 8.63. The molecule has 0 saturated heterocycles. The Morgan fingerprint density at radius 1 is 0.778 bits per heavy atom. The summed E-state index contributed by atoms with van der Waals surface area (Å²) in [6.07, 6.45) is 8.41. The lowest BCUT2D eigenvalue weighted by atomic mass is 10.1. The van der Waals surface area contributed by atoms with E-state index in [0.29, 0.717) is 0 Å². The number of benzene rings is 1. The van der Waals surface area contributed by atoms with E-state index >= 15 is 0 Å². The molecule has 0 unspecified atom stereocenters. The molecule has 2 aromatic rings. The predicted molar refractivity (Wildman–Crippen MR) is 127 cm³/mol. The van der Waals surface area contributed by atoms with Crippen LogP contribution in [0.2, 0.25) is 39.3 Å². The third-order valence-electron chi connectivity index (χ3n) is 4.62. The van der Waals surface area contributed by atoms with Crippen molar-refractivity contribution in [2.75, 3.05) is 0 Å². The summed E-state index contributed by atoms with van der Waals surface area (Å²) >= 11 is 0. The maximum atomic E-state index is 13.8. The monoisotopic (exact) mass is 395 g/mol. The number of nitrogens with zero attached hydrogens (tertiary/aromatic N) is 1. The summed E-state index contributed by atoms with van der Waals surface area (Å²) in [6, 6.07) is 10.1. The molecule has 0 spiro atoms. The van der Waals surface area contributed by atoms with Crippen LogP contribution in [0.4, 0.5) is 0 Å². The first-order valence-electron chi connectivity index (χ1n) is 9.68. The van der Waals surface area contributed by atoms with E-state index in [0.717, 1.165) is 16.6 Å². The van der Waals surface area contributed by atoms with Gasteiger partial charge in [-0.2, -0.15) is 0 Å². The summed E-state index contributed by atoms with van der Waals surface area (Å²) in [5.41, 5.74) is 3.31. The summed E-state index contributed by atoms with van der Waals surface area (Å²) in [4.78, 5) is 13.8. The zero-order chi connectivity index (χ0) is 20.4. The van der Waals surface area contributed by atoms with Crippen LogP contribution >= 0.6 is 0 Å². The molecule has 0 bridgehead atoms. The highest BCUT2D eigenvalue weighted by Gasteiger charge is 2.33. The van der Waals surface area contributed by atoms with Crippen LogP contribution < -0.4 is 15.9 Å². The molecule has 0 atom stereocenters. The lowest BCUT2D eigenvalue weighted by Crippen LogP contribution is -2.58. The molecular formula is C23H33NOSi2. The third kappa shape index (κ3) is 4.33. The van der Waals surface area contributed by atoms with Gasteiger partial charge in [-0.1, -0.05) is 75.7 Å². The molecule has 1 heterocycles.